The van der Waals surface area contributed by atoms with Crippen molar-refractivity contribution in [2.24, 2.45) is 11.7 Å². The Labute approximate surface area is 476 Å². The molecule has 0 bridgehead atoms. The van der Waals surface area contributed by atoms with Gasteiger partial charge in [0.2, 0.25) is 23.6 Å². The highest BCUT2D eigenvalue weighted by Crippen LogP contribution is 2.20. The van der Waals surface area contributed by atoms with Gasteiger partial charge in [0, 0.05) is 93.4 Å². The summed E-state index contributed by atoms with van der Waals surface area (Å²) in [5.74, 6) is 0.0157. The first-order chi connectivity index (χ1) is 39.6. The number of nitrogen functional groups attached to an aromatic ring is 2. The standard InChI is InChI=1S/C55H91N7O19/c56-50-39-48(12-10-45(50)41-63)79-21-2-8-52(65)59-15-4-19-70-26-29-73-28-25-69-18-1-7-47(55(58)68)43-77-37-35-76-34-33-75-32-31-74-30-27-72-24-14-54(67)61-16-5-20-71-36-38-78-44-62-81-23-6-17-60-53(66)9-3-22-80-49-13-11-46(42-64)51(57)40-49/h10-13,39-42,47,62H,1-9,14-38,43-44,56-57H2,(H2,58,68)(H,59,65)(H,60,66)(H,61,67). The van der Waals surface area contributed by atoms with Gasteiger partial charge < -0.3 is 90.0 Å². The Morgan fingerprint density at radius 3 is 1.25 bits per heavy atom. The number of nitrogens with two attached hydrogens (primary N) is 3. The fourth-order valence-corrected chi connectivity index (χ4v) is 6.79. The van der Waals surface area contributed by atoms with Crippen molar-refractivity contribution in [3.05, 3.63) is 47.5 Å². The minimum Gasteiger partial charge on any atom is -0.494 e. The summed E-state index contributed by atoms with van der Waals surface area (Å²) in [7, 11) is 0. The normalized spacial score (nSPS) is 11.5. The van der Waals surface area contributed by atoms with Crippen molar-refractivity contribution in [3.63, 3.8) is 0 Å². The molecule has 0 aliphatic rings. The Morgan fingerprint density at radius 1 is 0.432 bits per heavy atom. The van der Waals surface area contributed by atoms with E-state index in [1.54, 1.807) is 36.4 Å². The zero-order valence-corrected chi connectivity index (χ0v) is 47.1. The molecule has 1 atom stereocenters. The van der Waals surface area contributed by atoms with E-state index < -0.39 is 11.8 Å². The summed E-state index contributed by atoms with van der Waals surface area (Å²) in [5, 5.41) is 8.52. The minimum atomic E-state index is -0.424. The molecule has 0 aliphatic heterocycles. The van der Waals surface area contributed by atoms with Gasteiger partial charge in [0.05, 0.1) is 131 Å². The predicted molar refractivity (Wildman–Crippen MR) is 299 cm³/mol. The maximum Gasteiger partial charge on any atom is 0.222 e. The highest BCUT2D eigenvalue weighted by molar-refractivity contribution is 5.84. The van der Waals surface area contributed by atoms with E-state index in [9.17, 15) is 28.8 Å². The summed E-state index contributed by atoms with van der Waals surface area (Å²) in [5.41, 5.74) is 21.3. The molecule has 0 saturated heterocycles. The number of hydrogen-bond donors (Lipinski definition) is 7. The molecule has 0 spiro atoms. The van der Waals surface area contributed by atoms with Crippen LogP contribution in [0.1, 0.15) is 84.9 Å². The van der Waals surface area contributed by atoms with Gasteiger partial charge in [-0.25, -0.2) is 0 Å². The van der Waals surface area contributed by atoms with Gasteiger partial charge in [0.1, 0.15) is 18.2 Å². The van der Waals surface area contributed by atoms with Crippen LogP contribution in [0, 0.1) is 5.92 Å². The van der Waals surface area contributed by atoms with Crippen molar-refractivity contribution in [2.45, 2.75) is 64.2 Å². The van der Waals surface area contributed by atoms with Gasteiger partial charge in [-0.15, -0.1) is 0 Å². The van der Waals surface area contributed by atoms with Crippen molar-refractivity contribution < 1.29 is 90.4 Å². The summed E-state index contributed by atoms with van der Waals surface area (Å²) >= 11 is 0. The number of primary amides is 1. The lowest BCUT2D eigenvalue weighted by atomic mass is 10.0. The fourth-order valence-electron chi connectivity index (χ4n) is 6.79. The Kier molecular flexibility index (Phi) is 45.3. The molecule has 0 heterocycles. The third-order valence-electron chi connectivity index (χ3n) is 11.2. The van der Waals surface area contributed by atoms with Crippen LogP contribution < -0.4 is 48.1 Å². The lowest BCUT2D eigenvalue weighted by Crippen LogP contribution is -2.28. The largest absolute Gasteiger partial charge is 0.494 e. The van der Waals surface area contributed by atoms with E-state index in [1.807, 2.05) is 0 Å². The van der Waals surface area contributed by atoms with Gasteiger partial charge in [0.25, 0.3) is 0 Å². The predicted octanol–water partition coefficient (Wildman–Crippen LogP) is 1.93. The molecule has 0 fully saturated rings. The third-order valence-corrected chi connectivity index (χ3v) is 11.2. The Hall–Kier alpha value is -5.62. The van der Waals surface area contributed by atoms with Crippen LogP contribution in [0.4, 0.5) is 11.4 Å². The van der Waals surface area contributed by atoms with Crippen molar-refractivity contribution >= 4 is 47.6 Å². The molecule has 2 aromatic carbocycles. The Bertz CT molecular complexity index is 1960. The van der Waals surface area contributed by atoms with Crippen molar-refractivity contribution in [3.8, 4) is 11.5 Å². The number of hydrogen-bond acceptors (Lipinski definition) is 22. The number of anilines is 2. The van der Waals surface area contributed by atoms with Crippen LogP contribution >= 0.6 is 0 Å². The smallest absolute Gasteiger partial charge is 0.222 e. The first kappa shape index (κ1) is 71.5. The summed E-state index contributed by atoms with van der Waals surface area (Å²) in [6.07, 6.45) is 6.51. The molecular weight excluding hydrogens is 1060 g/mol. The molecule has 0 radical (unpaired) electrons. The number of nitrogens with one attached hydrogen (secondary N) is 4. The van der Waals surface area contributed by atoms with Crippen LogP contribution in [-0.2, 0) is 71.4 Å². The summed E-state index contributed by atoms with van der Waals surface area (Å²) in [6.45, 7) is 10.1. The first-order valence-corrected chi connectivity index (χ1v) is 27.8. The summed E-state index contributed by atoms with van der Waals surface area (Å²) in [4.78, 5) is 74.9. The van der Waals surface area contributed by atoms with E-state index in [1.165, 1.54) is 0 Å². The van der Waals surface area contributed by atoms with Crippen LogP contribution in [0.25, 0.3) is 0 Å². The number of carbonyl (C=O) groups is 6. The van der Waals surface area contributed by atoms with Gasteiger partial charge in [-0.05, 0) is 69.2 Å². The first-order valence-electron chi connectivity index (χ1n) is 27.8. The number of ether oxygens (including phenoxy) is 12. The quantitative estimate of drug-likeness (QED) is 0.0164. The maximum atomic E-state index is 12.0. The van der Waals surface area contributed by atoms with Crippen molar-refractivity contribution in [1.82, 2.24) is 21.4 Å². The monoisotopic (exact) mass is 1150 g/mol. The molecular formula is C55H91N7O19. The lowest BCUT2D eigenvalue weighted by molar-refractivity contribution is -0.124. The number of aldehydes is 2. The molecule has 0 saturated carbocycles. The van der Waals surface area contributed by atoms with E-state index in [4.69, 9.17) is 78.9 Å². The molecule has 4 amide bonds. The van der Waals surface area contributed by atoms with Gasteiger partial charge >= 0.3 is 0 Å². The zero-order valence-electron chi connectivity index (χ0n) is 47.1. The number of hydroxylamine groups is 1. The topological polar surface area (TPSA) is 349 Å². The Balaban J connectivity index is 1.21. The third kappa shape index (κ3) is 41.9. The zero-order chi connectivity index (χ0) is 58.5. The molecule has 81 heavy (non-hydrogen) atoms. The molecule has 10 N–H and O–H groups in total. The van der Waals surface area contributed by atoms with E-state index in [-0.39, 0.29) is 44.1 Å². The SMILES string of the molecule is NC(=O)C(CCCOCCOCCOCCCNC(=O)CCCOc1ccc(C=O)c(N)c1)COCCOCCOCCOCCOCCC(=O)NCCCOCCOCNOCCCNC(=O)CCCOc1ccc(C=O)c(N)c1. The van der Waals surface area contributed by atoms with Crippen LogP contribution in [-0.4, -0.2) is 208 Å². The van der Waals surface area contributed by atoms with E-state index in [0.29, 0.717) is 256 Å². The van der Waals surface area contributed by atoms with Crippen molar-refractivity contribution in [1.29, 1.82) is 0 Å². The minimum absolute atomic E-state index is 0.0622. The van der Waals surface area contributed by atoms with Crippen LogP contribution in [0.3, 0.4) is 0 Å². The van der Waals surface area contributed by atoms with Gasteiger partial charge in [-0.2, -0.15) is 5.48 Å². The van der Waals surface area contributed by atoms with Crippen LogP contribution in [0.5, 0.6) is 11.5 Å². The molecule has 0 aliphatic carbocycles. The van der Waals surface area contributed by atoms with Gasteiger partial charge in [-0.1, -0.05) is 0 Å². The summed E-state index contributed by atoms with van der Waals surface area (Å²) < 4.78 is 66.4. The summed E-state index contributed by atoms with van der Waals surface area (Å²) in [6, 6.07) is 9.69. The second-order valence-corrected chi connectivity index (χ2v) is 17.8. The number of carbonyl (C=O) groups excluding carboxylic acids is 6. The average molecular weight is 1150 g/mol. The number of rotatable bonds is 58. The number of benzene rings is 2. The highest BCUT2D eigenvalue weighted by Gasteiger charge is 2.15. The fraction of sp³-hybridized carbons (Fsp3) is 0.673. The molecule has 2 rings (SSSR count). The molecule has 1 unspecified atom stereocenters. The lowest BCUT2D eigenvalue weighted by Gasteiger charge is -2.14. The second-order valence-electron chi connectivity index (χ2n) is 17.8. The highest BCUT2D eigenvalue weighted by atomic mass is 16.7. The van der Waals surface area contributed by atoms with Crippen LogP contribution in [0.15, 0.2) is 36.4 Å². The second kappa shape index (κ2) is 51.3. The van der Waals surface area contributed by atoms with Crippen LogP contribution in [0.2, 0.25) is 0 Å². The van der Waals surface area contributed by atoms with E-state index in [0.717, 1.165) is 0 Å². The Morgan fingerprint density at radius 2 is 0.815 bits per heavy atom. The molecule has 2 aromatic rings. The van der Waals surface area contributed by atoms with E-state index in [2.05, 4.69) is 21.4 Å². The van der Waals surface area contributed by atoms with E-state index >= 15 is 0 Å². The molecule has 26 nitrogen and oxygen atoms in total. The molecule has 0 aromatic heterocycles. The molecule has 26 heteroatoms. The van der Waals surface area contributed by atoms with Crippen molar-refractivity contribution in [2.75, 3.05) is 183 Å². The van der Waals surface area contributed by atoms with Gasteiger partial charge in [-0.3, -0.25) is 33.6 Å². The average Bonchev–Trinajstić information content (AvgIpc) is 3.45. The molecule has 460 valence electrons. The van der Waals surface area contributed by atoms with Gasteiger partial charge in [0.15, 0.2) is 12.6 Å². The maximum absolute atomic E-state index is 12.0. The number of amides is 4.